The van der Waals surface area contributed by atoms with Gasteiger partial charge in [0, 0.05) is 18.6 Å². The van der Waals surface area contributed by atoms with Gasteiger partial charge >= 0.3 is 0 Å². The van der Waals surface area contributed by atoms with Crippen LogP contribution in [0.4, 0.5) is 0 Å². The molecule has 1 aliphatic rings. The van der Waals surface area contributed by atoms with Crippen molar-refractivity contribution < 1.29 is 9.15 Å². The summed E-state index contributed by atoms with van der Waals surface area (Å²) in [6.45, 7) is 4.94. The molecule has 1 fully saturated rings. The zero-order valence-electron chi connectivity index (χ0n) is 9.24. The number of hydrogen-bond donors (Lipinski definition) is 1. The molecule has 0 aromatic carbocycles. The Hall–Kier alpha value is -0.800. The van der Waals surface area contributed by atoms with Crippen molar-refractivity contribution in [2.45, 2.75) is 25.8 Å². The Labute approximate surface area is 90.8 Å². The highest BCUT2D eigenvalue weighted by molar-refractivity contribution is 5.07. The van der Waals surface area contributed by atoms with Crippen molar-refractivity contribution in [1.29, 1.82) is 0 Å². The molecule has 1 aliphatic heterocycles. The minimum Gasteiger partial charge on any atom is -0.472 e. The highest BCUT2D eigenvalue weighted by atomic mass is 16.5. The van der Waals surface area contributed by atoms with Crippen LogP contribution in [0.15, 0.2) is 23.0 Å². The number of hydrogen-bond acceptors (Lipinski definition) is 3. The first-order chi connectivity index (χ1) is 7.40. The van der Waals surface area contributed by atoms with E-state index in [2.05, 4.69) is 12.2 Å². The number of rotatable bonds is 4. The average molecular weight is 209 g/mol. The van der Waals surface area contributed by atoms with E-state index in [-0.39, 0.29) is 0 Å². The van der Waals surface area contributed by atoms with Crippen molar-refractivity contribution in [2.75, 3.05) is 19.8 Å². The lowest BCUT2D eigenvalue weighted by Crippen LogP contribution is -2.43. The van der Waals surface area contributed by atoms with Gasteiger partial charge in [-0.05, 0) is 31.0 Å². The third-order valence-electron chi connectivity index (χ3n) is 3.02. The van der Waals surface area contributed by atoms with Gasteiger partial charge in [-0.25, -0.2) is 0 Å². The molecule has 0 aliphatic carbocycles. The molecule has 2 rings (SSSR count). The minimum atomic E-state index is 0.580. The minimum absolute atomic E-state index is 0.580. The van der Waals surface area contributed by atoms with E-state index in [9.17, 15) is 0 Å². The molecule has 3 nitrogen and oxygen atoms in total. The summed E-state index contributed by atoms with van der Waals surface area (Å²) in [6, 6.07) is 2.64. The molecule has 1 N–H and O–H groups in total. The summed E-state index contributed by atoms with van der Waals surface area (Å²) in [4.78, 5) is 0. The molecular weight excluding hydrogens is 190 g/mol. The Morgan fingerprint density at radius 2 is 2.47 bits per heavy atom. The smallest absolute Gasteiger partial charge is 0.0934 e. The second-order valence-corrected chi connectivity index (χ2v) is 4.12. The summed E-state index contributed by atoms with van der Waals surface area (Å²) in [5.74, 6) is 0.580. The standard InChI is InChI=1S/C12H19NO2/c1-2-13-12-4-6-15-9-11(12)7-10-3-5-14-8-10/h3,5,8,11-13H,2,4,6-7,9H2,1H3. The van der Waals surface area contributed by atoms with Gasteiger partial charge in [0.25, 0.3) is 0 Å². The maximum Gasteiger partial charge on any atom is 0.0934 e. The first-order valence-corrected chi connectivity index (χ1v) is 5.72. The second-order valence-electron chi connectivity index (χ2n) is 4.12. The fourth-order valence-corrected chi connectivity index (χ4v) is 2.24. The number of furan rings is 1. The van der Waals surface area contributed by atoms with E-state index in [1.54, 1.807) is 6.26 Å². The zero-order chi connectivity index (χ0) is 10.5. The summed E-state index contributed by atoms with van der Waals surface area (Å²) in [5, 5.41) is 3.54. The van der Waals surface area contributed by atoms with Crippen LogP contribution in [-0.2, 0) is 11.2 Å². The van der Waals surface area contributed by atoms with Gasteiger partial charge in [0.1, 0.15) is 0 Å². The highest BCUT2D eigenvalue weighted by Crippen LogP contribution is 2.19. The van der Waals surface area contributed by atoms with E-state index >= 15 is 0 Å². The lowest BCUT2D eigenvalue weighted by Gasteiger charge is -2.31. The molecule has 15 heavy (non-hydrogen) atoms. The Balaban J connectivity index is 1.92. The summed E-state index contributed by atoms with van der Waals surface area (Å²) in [7, 11) is 0. The van der Waals surface area contributed by atoms with E-state index in [0.717, 1.165) is 32.6 Å². The fourth-order valence-electron chi connectivity index (χ4n) is 2.24. The van der Waals surface area contributed by atoms with Gasteiger partial charge in [0.05, 0.1) is 19.1 Å². The lowest BCUT2D eigenvalue weighted by molar-refractivity contribution is 0.0326. The van der Waals surface area contributed by atoms with Crippen molar-refractivity contribution in [3.8, 4) is 0 Å². The Kier molecular flexibility index (Phi) is 3.80. The second kappa shape index (κ2) is 5.33. The molecular formula is C12H19NO2. The number of nitrogens with one attached hydrogen (secondary N) is 1. The molecule has 0 saturated carbocycles. The van der Waals surface area contributed by atoms with Gasteiger partial charge in [0.15, 0.2) is 0 Å². The van der Waals surface area contributed by atoms with Crippen LogP contribution in [0.25, 0.3) is 0 Å². The molecule has 1 aromatic heterocycles. The third-order valence-corrected chi connectivity index (χ3v) is 3.02. The van der Waals surface area contributed by atoms with E-state index in [1.807, 2.05) is 12.3 Å². The molecule has 0 spiro atoms. The van der Waals surface area contributed by atoms with Gasteiger partial charge in [-0.15, -0.1) is 0 Å². The van der Waals surface area contributed by atoms with Gasteiger partial charge < -0.3 is 14.5 Å². The molecule has 0 radical (unpaired) electrons. The van der Waals surface area contributed by atoms with Crippen molar-refractivity contribution in [1.82, 2.24) is 5.32 Å². The quantitative estimate of drug-likeness (QED) is 0.821. The Morgan fingerprint density at radius 3 is 3.20 bits per heavy atom. The highest BCUT2D eigenvalue weighted by Gasteiger charge is 2.25. The number of ether oxygens (including phenoxy) is 1. The van der Waals surface area contributed by atoms with E-state index < -0.39 is 0 Å². The van der Waals surface area contributed by atoms with Crippen molar-refractivity contribution >= 4 is 0 Å². The molecule has 2 unspecified atom stereocenters. The van der Waals surface area contributed by atoms with Crippen molar-refractivity contribution in [3.63, 3.8) is 0 Å². The molecule has 84 valence electrons. The fraction of sp³-hybridized carbons (Fsp3) is 0.667. The zero-order valence-corrected chi connectivity index (χ0v) is 9.24. The van der Waals surface area contributed by atoms with Crippen LogP contribution in [0.2, 0.25) is 0 Å². The van der Waals surface area contributed by atoms with E-state index in [1.165, 1.54) is 5.56 Å². The van der Waals surface area contributed by atoms with Gasteiger partial charge in [-0.3, -0.25) is 0 Å². The molecule has 0 amide bonds. The summed E-state index contributed by atoms with van der Waals surface area (Å²) < 4.78 is 10.6. The largest absolute Gasteiger partial charge is 0.472 e. The topological polar surface area (TPSA) is 34.4 Å². The van der Waals surface area contributed by atoms with Crippen molar-refractivity contribution in [3.05, 3.63) is 24.2 Å². The van der Waals surface area contributed by atoms with Crippen LogP contribution < -0.4 is 5.32 Å². The van der Waals surface area contributed by atoms with Gasteiger partial charge in [-0.1, -0.05) is 6.92 Å². The van der Waals surface area contributed by atoms with Gasteiger partial charge in [-0.2, -0.15) is 0 Å². The van der Waals surface area contributed by atoms with Crippen LogP contribution in [-0.4, -0.2) is 25.8 Å². The third kappa shape index (κ3) is 2.83. The van der Waals surface area contributed by atoms with Gasteiger partial charge in [0.2, 0.25) is 0 Å². The molecule has 0 bridgehead atoms. The Morgan fingerprint density at radius 1 is 1.53 bits per heavy atom. The van der Waals surface area contributed by atoms with Crippen LogP contribution in [0.3, 0.4) is 0 Å². The predicted octanol–water partition coefficient (Wildman–Crippen LogP) is 1.84. The maximum absolute atomic E-state index is 5.54. The molecule has 3 heteroatoms. The first-order valence-electron chi connectivity index (χ1n) is 5.72. The molecule has 2 heterocycles. The molecule has 1 aromatic rings. The molecule has 1 saturated heterocycles. The Bertz CT molecular complexity index is 269. The molecule has 2 atom stereocenters. The van der Waals surface area contributed by atoms with E-state index in [0.29, 0.717) is 12.0 Å². The van der Waals surface area contributed by atoms with Crippen LogP contribution >= 0.6 is 0 Å². The first kappa shape index (κ1) is 10.7. The van der Waals surface area contributed by atoms with Crippen LogP contribution in [0.1, 0.15) is 18.9 Å². The monoisotopic (exact) mass is 209 g/mol. The average Bonchev–Trinajstić information content (AvgIpc) is 2.74. The maximum atomic E-state index is 5.54. The summed E-state index contributed by atoms with van der Waals surface area (Å²) in [5.41, 5.74) is 1.27. The summed E-state index contributed by atoms with van der Waals surface area (Å²) >= 11 is 0. The van der Waals surface area contributed by atoms with Crippen molar-refractivity contribution in [2.24, 2.45) is 5.92 Å². The SMILES string of the molecule is CCNC1CCOCC1Cc1ccoc1. The normalized spacial score (nSPS) is 26.7. The van der Waals surface area contributed by atoms with Crippen LogP contribution in [0.5, 0.6) is 0 Å². The van der Waals surface area contributed by atoms with E-state index in [4.69, 9.17) is 9.15 Å². The van der Waals surface area contributed by atoms with Crippen LogP contribution in [0, 0.1) is 5.92 Å². The summed E-state index contributed by atoms with van der Waals surface area (Å²) in [6.07, 6.45) is 5.74. The lowest BCUT2D eigenvalue weighted by atomic mass is 9.90. The predicted molar refractivity (Wildman–Crippen MR) is 58.8 cm³/mol.